The SMILES string of the molecule is CCOC(=O)C1=C(C)NC(=O)N[C@@H]1c1cc(Cl)c(OCc2ccc(Cl)cc2)c(OCC)c1. The molecule has 0 fully saturated rings. The molecule has 3 rings (SSSR count). The summed E-state index contributed by atoms with van der Waals surface area (Å²) in [4.78, 5) is 24.7. The molecule has 1 heterocycles. The highest BCUT2D eigenvalue weighted by atomic mass is 35.5. The molecule has 1 aliphatic rings. The summed E-state index contributed by atoms with van der Waals surface area (Å²) < 4.78 is 16.9. The Hall–Kier alpha value is -2.90. The summed E-state index contributed by atoms with van der Waals surface area (Å²) >= 11 is 12.5. The van der Waals surface area contributed by atoms with E-state index in [0.29, 0.717) is 40.0 Å². The smallest absolute Gasteiger partial charge is 0.338 e. The Balaban J connectivity index is 1.96. The van der Waals surface area contributed by atoms with Gasteiger partial charge in [-0.1, -0.05) is 35.3 Å². The number of allylic oxidation sites excluding steroid dienone is 1. The number of esters is 1. The fraction of sp³-hybridized carbons (Fsp3) is 0.304. The maximum atomic E-state index is 12.6. The van der Waals surface area contributed by atoms with Gasteiger partial charge in [-0.05, 0) is 56.2 Å². The Bertz CT molecular complexity index is 1040. The van der Waals surface area contributed by atoms with E-state index in [2.05, 4.69) is 10.6 Å². The van der Waals surface area contributed by atoms with Gasteiger partial charge in [0.25, 0.3) is 0 Å². The standard InChI is InChI=1S/C23H24Cl2N2O5/c1-4-30-18-11-15(20-19(22(28)31-5-2)13(3)26-23(29)27-20)10-17(25)21(18)32-12-14-6-8-16(24)9-7-14/h6-11,20H,4-5,12H2,1-3H3,(H2,26,27,29)/t20-/m1/s1. The van der Waals surface area contributed by atoms with Gasteiger partial charge in [0.1, 0.15) is 6.61 Å². The van der Waals surface area contributed by atoms with Crippen LogP contribution in [-0.2, 0) is 16.1 Å². The molecule has 0 spiro atoms. The van der Waals surface area contributed by atoms with E-state index < -0.39 is 18.0 Å². The fourth-order valence-electron chi connectivity index (χ4n) is 3.32. The Kier molecular flexibility index (Phi) is 7.88. The zero-order valence-corrected chi connectivity index (χ0v) is 19.5. The third-order valence-electron chi connectivity index (χ3n) is 4.73. The van der Waals surface area contributed by atoms with Crippen LogP contribution in [-0.4, -0.2) is 25.2 Å². The normalized spacial score (nSPS) is 15.7. The molecule has 0 bridgehead atoms. The van der Waals surface area contributed by atoms with Crippen LogP contribution in [0.3, 0.4) is 0 Å². The molecular weight excluding hydrogens is 455 g/mol. The van der Waals surface area contributed by atoms with Crippen molar-refractivity contribution < 1.29 is 23.8 Å². The number of hydrogen-bond acceptors (Lipinski definition) is 5. The van der Waals surface area contributed by atoms with Gasteiger partial charge in [-0.3, -0.25) is 0 Å². The molecule has 9 heteroatoms. The van der Waals surface area contributed by atoms with Crippen LogP contribution in [0.4, 0.5) is 4.79 Å². The van der Waals surface area contributed by atoms with Crippen molar-refractivity contribution >= 4 is 35.2 Å². The van der Waals surface area contributed by atoms with E-state index in [1.54, 1.807) is 38.1 Å². The topological polar surface area (TPSA) is 85.9 Å². The van der Waals surface area contributed by atoms with Crippen molar-refractivity contribution in [2.45, 2.75) is 33.4 Å². The predicted molar refractivity (Wildman–Crippen MR) is 122 cm³/mol. The number of halogens is 2. The molecular formula is C23H24Cl2N2O5. The second-order valence-corrected chi connectivity index (χ2v) is 7.81. The van der Waals surface area contributed by atoms with Crippen molar-refractivity contribution in [2.24, 2.45) is 0 Å². The van der Waals surface area contributed by atoms with Gasteiger partial charge in [-0.15, -0.1) is 0 Å². The van der Waals surface area contributed by atoms with Gasteiger partial charge in [0.05, 0.1) is 29.9 Å². The highest BCUT2D eigenvalue weighted by Gasteiger charge is 2.33. The lowest BCUT2D eigenvalue weighted by atomic mass is 9.95. The summed E-state index contributed by atoms with van der Waals surface area (Å²) in [5, 5.41) is 6.28. The second kappa shape index (κ2) is 10.6. The van der Waals surface area contributed by atoms with E-state index >= 15 is 0 Å². The predicted octanol–water partition coefficient (Wildman–Crippen LogP) is 5.16. The minimum atomic E-state index is -0.759. The highest BCUT2D eigenvalue weighted by Crippen LogP contribution is 2.40. The van der Waals surface area contributed by atoms with Crippen molar-refractivity contribution in [3.8, 4) is 11.5 Å². The van der Waals surface area contributed by atoms with Gasteiger partial charge in [-0.25, -0.2) is 9.59 Å². The Morgan fingerprint density at radius 1 is 1.06 bits per heavy atom. The van der Waals surface area contributed by atoms with Gasteiger partial charge < -0.3 is 24.8 Å². The lowest BCUT2D eigenvalue weighted by Gasteiger charge is -2.28. The second-order valence-electron chi connectivity index (χ2n) is 6.97. The molecule has 0 unspecified atom stereocenters. The number of nitrogens with one attached hydrogen (secondary N) is 2. The average Bonchev–Trinajstić information content (AvgIpc) is 2.74. The van der Waals surface area contributed by atoms with Crippen LogP contribution < -0.4 is 20.1 Å². The third-order valence-corrected chi connectivity index (χ3v) is 5.26. The number of ether oxygens (including phenoxy) is 3. The van der Waals surface area contributed by atoms with Gasteiger partial charge in [0.15, 0.2) is 11.5 Å². The zero-order valence-electron chi connectivity index (χ0n) is 18.0. The van der Waals surface area contributed by atoms with Gasteiger partial charge in [0, 0.05) is 10.7 Å². The van der Waals surface area contributed by atoms with Gasteiger partial charge in [0.2, 0.25) is 0 Å². The maximum Gasteiger partial charge on any atom is 0.338 e. The molecule has 170 valence electrons. The molecule has 0 radical (unpaired) electrons. The maximum absolute atomic E-state index is 12.6. The minimum absolute atomic E-state index is 0.207. The highest BCUT2D eigenvalue weighted by molar-refractivity contribution is 6.32. The van der Waals surface area contributed by atoms with E-state index in [-0.39, 0.29) is 18.2 Å². The van der Waals surface area contributed by atoms with E-state index in [1.165, 1.54) is 0 Å². The number of hydrogen-bond donors (Lipinski definition) is 2. The molecule has 2 aromatic carbocycles. The number of carbonyl (C=O) groups is 2. The Morgan fingerprint density at radius 2 is 1.78 bits per heavy atom. The largest absolute Gasteiger partial charge is 0.490 e. The summed E-state index contributed by atoms with van der Waals surface area (Å²) in [7, 11) is 0. The first-order valence-corrected chi connectivity index (χ1v) is 10.9. The first-order valence-electron chi connectivity index (χ1n) is 10.1. The first-order chi connectivity index (χ1) is 15.3. The van der Waals surface area contributed by atoms with Crippen LogP contribution in [0.15, 0.2) is 47.7 Å². The molecule has 0 saturated heterocycles. The molecule has 2 N–H and O–H groups in total. The summed E-state index contributed by atoms with van der Waals surface area (Å²) in [6.07, 6.45) is 0. The fourth-order valence-corrected chi connectivity index (χ4v) is 3.72. The monoisotopic (exact) mass is 478 g/mol. The molecule has 0 aromatic heterocycles. The van der Waals surface area contributed by atoms with E-state index in [4.69, 9.17) is 37.4 Å². The molecule has 0 saturated carbocycles. The molecule has 2 amide bonds. The van der Waals surface area contributed by atoms with Crippen molar-refractivity contribution in [3.63, 3.8) is 0 Å². The van der Waals surface area contributed by atoms with Crippen LogP contribution in [0, 0.1) is 0 Å². The van der Waals surface area contributed by atoms with Crippen LogP contribution in [0.5, 0.6) is 11.5 Å². The van der Waals surface area contributed by atoms with E-state index in [0.717, 1.165) is 5.56 Å². The molecule has 1 atom stereocenters. The van der Waals surface area contributed by atoms with E-state index in [9.17, 15) is 9.59 Å². The summed E-state index contributed by atoms with van der Waals surface area (Å²) in [5.41, 5.74) is 2.18. The molecule has 0 aliphatic carbocycles. The van der Waals surface area contributed by atoms with Crippen molar-refractivity contribution in [2.75, 3.05) is 13.2 Å². The lowest BCUT2D eigenvalue weighted by molar-refractivity contribution is -0.139. The summed E-state index contributed by atoms with van der Waals surface area (Å²) in [6, 6.07) is 9.42. The number of rotatable bonds is 8. The van der Waals surface area contributed by atoms with Crippen molar-refractivity contribution in [3.05, 3.63) is 68.8 Å². The Labute approximate surface area is 196 Å². The number of urea groups is 1. The third kappa shape index (κ3) is 5.47. The zero-order chi connectivity index (χ0) is 23.3. The van der Waals surface area contributed by atoms with Crippen LogP contribution in [0.1, 0.15) is 37.9 Å². The van der Waals surface area contributed by atoms with E-state index in [1.807, 2.05) is 19.1 Å². The molecule has 32 heavy (non-hydrogen) atoms. The summed E-state index contributed by atoms with van der Waals surface area (Å²) in [5.74, 6) is 0.239. The quantitative estimate of drug-likeness (QED) is 0.511. The average molecular weight is 479 g/mol. The summed E-state index contributed by atoms with van der Waals surface area (Å²) in [6.45, 7) is 6.03. The van der Waals surface area contributed by atoms with Crippen molar-refractivity contribution in [1.82, 2.24) is 10.6 Å². The molecule has 2 aromatic rings. The number of carbonyl (C=O) groups excluding carboxylic acids is 2. The van der Waals surface area contributed by atoms with Crippen LogP contribution >= 0.6 is 23.2 Å². The lowest BCUT2D eigenvalue weighted by Crippen LogP contribution is -2.45. The van der Waals surface area contributed by atoms with Crippen molar-refractivity contribution in [1.29, 1.82) is 0 Å². The number of amides is 2. The van der Waals surface area contributed by atoms with Crippen LogP contribution in [0.2, 0.25) is 10.0 Å². The minimum Gasteiger partial charge on any atom is -0.490 e. The first kappa shape index (κ1) is 23.8. The Morgan fingerprint density at radius 3 is 2.44 bits per heavy atom. The molecule has 1 aliphatic heterocycles. The van der Waals surface area contributed by atoms with Gasteiger partial charge >= 0.3 is 12.0 Å². The molecule has 7 nitrogen and oxygen atoms in total. The van der Waals surface area contributed by atoms with Crippen LogP contribution in [0.25, 0.3) is 0 Å². The van der Waals surface area contributed by atoms with Gasteiger partial charge in [-0.2, -0.15) is 0 Å². The number of benzene rings is 2.